The fraction of sp³-hybridized carbons (Fsp3) is 0.483. The Morgan fingerprint density at radius 3 is 2.52 bits per heavy atom. The van der Waals surface area contributed by atoms with Crippen molar-refractivity contribution in [1.29, 1.82) is 0 Å². The highest BCUT2D eigenvalue weighted by Crippen LogP contribution is 2.52. The number of allylic oxidation sites excluding steroid dienone is 1. The van der Waals surface area contributed by atoms with Gasteiger partial charge in [0.25, 0.3) is 0 Å². The monoisotopic (exact) mass is 620 g/mol. The van der Waals surface area contributed by atoms with E-state index in [1.165, 1.54) is 44.6 Å². The third-order valence-corrected chi connectivity index (χ3v) is 7.96. The molecular weight excluding hydrogens is 588 g/mol. The van der Waals surface area contributed by atoms with Crippen LogP contribution >= 0.6 is 0 Å². The largest absolute Gasteiger partial charge is 0.504 e. The number of aliphatic hydroxyl groups is 4. The number of carbonyl (C=O) groups excluding carboxylic acids is 3. The number of phenolic OH excluding ortho intramolecular Hbond substituents is 1. The van der Waals surface area contributed by atoms with Crippen molar-refractivity contribution in [3.05, 3.63) is 59.4 Å². The minimum atomic E-state index is -1.79. The molecule has 3 heterocycles. The van der Waals surface area contributed by atoms with Gasteiger partial charge < -0.3 is 58.7 Å². The van der Waals surface area contributed by atoms with E-state index < -0.39 is 85.1 Å². The third kappa shape index (κ3) is 5.53. The molecule has 3 aliphatic heterocycles. The van der Waals surface area contributed by atoms with Gasteiger partial charge in [0.05, 0.1) is 37.5 Å². The molecule has 44 heavy (non-hydrogen) atoms. The first kappa shape index (κ1) is 31.4. The van der Waals surface area contributed by atoms with Crippen molar-refractivity contribution in [1.82, 2.24) is 0 Å². The van der Waals surface area contributed by atoms with E-state index in [0.29, 0.717) is 0 Å². The molecule has 4 aliphatic rings. The third-order valence-electron chi connectivity index (χ3n) is 7.96. The first-order chi connectivity index (χ1) is 20.9. The van der Waals surface area contributed by atoms with Gasteiger partial charge in [-0.25, -0.2) is 9.59 Å². The highest BCUT2D eigenvalue weighted by atomic mass is 16.8. The zero-order valence-corrected chi connectivity index (χ0v) is 23.8. The molecule has 0 aromatic heterocycles. The maximum absolute atomic E-state index is 13.2. The Morgan fingerprint density at radius 1 is 1.09 bits per heavy atom. The van der Waals surface area contributed by atoms with Gasteiger partial charge in [0.1, 0.15) is 37.1 Å². The van der Waals surface area contributed by atoms with E-state index in [0.717, 1.165) is 13.2 Å². The number of hydrogen-bond acceptors (Lipinski definition) is 15. The lowest BCUT2D eigenvalue weighted by Gasteiger charge is -2.44. The Kier molecular flexibility index (Phi) is 8.71. The maximum atomic E-state index is 13.2. The Bertz CT molecular complexity index is 1400. The van der Waals surface area contributed by atoms with Gasteiger partial charge in [-0.05, 0) is 29.8 Å². The minimum absolute atomic E-state index is 0.0560. The van der Waals surface area contributed by atoms with Gasteiger partial charge >= 0.3 is 17.9 Å². The number of aliphatic hydroxyl groups excluding tert-OH is 4. The van der Waals surface area contributed by atoms with Crippen LogP contribution in [0.3, 0.4) is 0 Å². The number of methoxy groups -OCH3 is 2. The van der Waals surface area contributed by atoms with Crippen LogP contribution in [0.15, 0.2) is 53.8 Å². The normalized spacial score (nSPS) is 34.8. The smallest absolute Gasteiger partial charge is 0.338 e. The van der Waals surface area contributed by atoms with Crippen LogP contribution in [0.2, 0.25) is 0 Å². The average molecular weight is 621 g/mol. The first-order valence-corrected chi connectivity index (χ1v) is 13.5. The summed E-state index contributed by atoms with van der Waals surface area (Å²) in [4.78, 5) is 37.1. The summed E-state index contributed by atoms with van der Waals surface area (Å²) in [6.45, 7) is 0.682. The van der Waals surface area contributed by atoms with Gasteiger partial charge in [0.15, 0.2) is 23.4 Å². The molecule has 238 valence electrons. The number of fused-ring (bicyclic) bond motifs is 2. The van der Waals surface area contributed by atoms with Crippen LogP contribution in [0.25, 0.3) is 0 Å². The van der Waals surface area contributed by atoms with Gasteiger partial charge in [-0.15, -0.1) is 0 Å². The lowest BCUT2D eigenvalue weighted by Crippen LogP contribution is -2.61. The molecule has 0 radical (unpaired) electrons. The van der Waals surface area contributed by atoms with Crippen LogP contribution in [0.5, 0.6) is 11.5 Å². The zero-order chi connectivity index (χ0) is 31.9. The summed E-state index contributed by atoms with van der Waals surface area (Å²) in [6, 6.07) is 4.05. The standard InChI is InChI=1S/C29H32O15/c1-12(30)40-11-19-22(33)23(34)24(35)28(42-19)43-27-20-14(16(10-41-27)25(36)39-3)6-7-29(20)9-15(26(37)44-29)21(32)13-4-5-17(31)18(8-13)38-2/h4-10,14,19-24,27-28,31-35H,11H2,1-3H3/t14-,19-,20-,21+,22-,23+,24-,27+,28+,29-/m1/s1. The molecule has 0 unspecified atom stereocenters. The van der Waals surface area contributed by atoms with Gasteiger partial charge in [-0.1, -0.05) is 12.1 Å². The predicted molar refractivity (Wildman–Crippen MR) is 142 cm³/mol. The minimum Gasteiger partial charge on any atom is -0.504 e. The summed E-state index contributed by atoms with van der Waals surface area (Å²) < 4.78 is 38.0. The van der Waals surface area contributed by atoms with Gasteiger partial charge in [-0.2, -0.15) is 0 Å². The van der Waals surface area contributed by atoms with Crippen molar-refractivity contribution in [3.8, 4) is 11.5 Å². The van der Waals surface area contributed by atoms with E-state index in [1.807, 2.05) is 0 Å². The van der Waals surface area contributed by atoms with Crippen molar-refractivity contribution in [2.24, 2.45) is 11.8 Å². The summed E-state index contributed by atoms with van der Waals surface area (Å²) in [7, 11) is 2.50. The molecule has 15 heteroatoms. The molecule has 5 N–H and O–H groups in total. The molecular formula is C29H32O15. The molecule has 1 fully saturated rings. The first-order valence-electron chi connectivity index (χ1n) is 13.5. The lowest BCUT2D eigenvalue weighted by molar-refractivity contribution is -0.344. The molecule has 15 nitrogen and oxygen atoms in total. The summed E-state index contributed by atoms with van der Waals surface area (Å²) >= 11 is 0. The highest BCUT2D eigenvalue weighted by Gasteiger charge is 2.60. The second-order valence-electron chi connectivity index (χ2n) is 10.6. The molecule has 1 aromatic rings. The second-order valence-corrected chi connectivity index (χ2v) is 10.6. The summed E-state index contributed by atoms with van der Waals surface area (Å²) in [5.41, 5.74) is -1.52. The molecule has 1 saturated heterocycles. The van der Waals surface area contributed by atoms with E-state index in [9.17, 15) is 39.9 Å². The summed E-state index contributed by atoms with van der Waals surface area (Å²) in [6.07, 6.45) is -5.49. The van der Waals surface area contributed by atoms with Crippen molar-refractivity contribution in [2.45, 2.75) is 55.6 Å². The Labute approximate surface area is 250 Å². The number of aromatic hydroxyl groups is 1. The number of phenols is 1. The van der Waals surface area contributed by atoms with E-state index in [2.05, 4.69) is 0 Å². The number of esters is 3. The van der Waals surface area contributed by atoms with Gasteiger partial charge in [0.2, 0.25) is 6.29 Å². The fourth-order valence-corrected chi connectivity index (χ4v) is 5.70. The zero-order valence-electron chi connectivity index (χ0n) is 23.8. The van der Waals surface area contributed by atoms with Crippen molar-refractivity contribution in [3.63, 3.8) is 0 Å². The Balaban J connectivity index is 1.47. The molecule has 1 spiro atoms. The van der Waals surface area contributed by atoms with E-state index in [1.54, 1.807) is 6.08 Å². The lowest BCUT2D eigenvalue weighted by atomic mass is 9.78. The van der Waals surface area contributed by atoms with E-state index in [-0.39, 0.29) is 28.2 Å². The van der Waals surface area contributed by atoms with Crippen LogP contribution < -0.4 is 4.74 Å². The van der Waals surface area contributed by atoms with Crippen LogP contribution in [0, 0.1) is 11.8 Å². The molecule has 0 bridgehead atoms. The van der Waals surface area contributed by atoms with Crippen LogP contribution in [0.4, 0.5) is 0 Å². The molecule has 1 aliphatic carbocycles. The Hall–Kier alpha value is -3.99. The molecule has 0 amide bonds. The average Bonchev–Trinajstić information content (AvgIpc) is 3.55. The number of hydrogen-bond donors (Lipinski definition) is 5. The predicted octanol–water partition coefficient (Wildman–Crippen LogP) is -0.741. The SMILES string of the molecule is COC(=O)C1=CO[C@@H](O[C@@H]2O[C@H](COC(C)=O)[C@@H](O)[C@H](O)[C@H]2O)[C@H]2[C@@H]1C=C[C@@]21C=C([C@@H](O)c2ccc(O)c(OC)c2)C(=O)O1. The second kappa shape index (κ2) is 12.2. The van der Waals surface area contributed by atoms with E-state index in [4.69, 9.17) is 33.2 Å². The van der Waals surface area contributed by atoms with Gasteiger partial charge in [-0.3, -0.25) is 4.79 Å². The number of carbonyl (C=O) groups is 3. The van der Waals surface area contributed by atoms with Gasteiger partial charge in [0, 0.05) is 12.8 Å². The van der Waals surface area contributed by atoms with E-state index >= 15 is 0 Å². The van der Waals surface area contributed by atoms with Crippen LogP contribution in [-0.4, -0.2) is 107 Å². The fourth-order valence-electron chi connectivity index (χ4n) is 5.70. The number of benzene rings is 1. The molecule has 0 saturated carbocycles. The topological polar surface area (TPSA) is 217 Å². The van der Waals surface area contributed by atoms with Crippen LogP contribution in [-0.2, 0) is 42.8 Å². The van der Waals surface area contributed by atoms with Crippen molar-refractivity contribution in [2.75, 3.05) is 20.8 Å². The van der Waals surface area contributed by atoms with Crippen molar-refractivity contribution >= 4 is 17.9 Å². The Morgan fingerprint density at radius 2 is 1.84 bits per heavy atom. The van der Waals surface area contributed by atoms with Crippen LogP contribution in [0.1, 0.15) is 18.6 Å². The summed E-state index contributed by atoms with van der Waals surface area (Å²) in [5, 5.41) is 52.5. The molecule has 1 aromatic carbocycles. The summed E-state index contributed by atoms with van der Waals surface area (Å²) in [5.74, 6) is -4.27. The van der Waals surface area contributed by atoms with Crippen molar-refractivity contribution < 1.29 is 73.1 Å². The molecule has 10 atom stereocenters. The quantitative estimate of drug-likeness (QED) is 0.137. The highest BCUT2D eigenvalue weighted by molar-refractivity contribution is 5.94. The number of rotatable bonds is 8. The number of ether oxygens (including phenoxy) is 7. The molecule has 5 rings (SSSR count). The maximum Gasteiger partial charge on any atom is 0.338 e.